The van der Waals surface area contributed by atoms with Crippen LogP contribution in [-0.4, -0.2) is 29.3 Å². The highest BCUT2D eigenvalue weighted by Gasteiger charge is 2.14. The number of thioether (sulfide) groups is 2. The summed E-state index contributed by atoms with van der Waals surface area (Å²) in [5.41, 5.74) is 1.31. The van der Waals surface area contributed by atoms with Crippen LogP contribution in [0.5, 0.6) is 0 Å². The summed E-state index contributed by atoms with van der Waals surface area (Å²) in [6, 6.07) is 12.6. The Hall–Kier alpha value is -1.20. The van der Waals surface area contributed by atoms with Crippen molar-refractivity contribution < 1.29 is 0 Å². The maximum atomic E-state index is 4.78. The average molecular weight is 332 g/mol. The molecule has 0 unspecified atom stereocenters. The van der Waals surface area contributed by atoms with Crippen molar-refractivity contribution in [2.24, 2.45) is 0 Å². The molecule has 0 radical (unpaired) electrons. The Bertz CT molecular complexity index is 598. The van der Waals surface area contributed by atoms with Crippen molar-refractivity contribution in [3.05, 3.63) is 42.0 Å². The van der Waals surface area contributed by atoms with Gasteiger partial charge in [-0.1, -0.05) is 42.1 Å². The number of nitrogens with zero attached hydrogens (tertiary/aromatic N) is 3. The van der Waals surface area contributed by atoms with Gasteiger partial charge in [0.25, 0.3) is 0 Å². The highest BCUT2D eigenvalue weighted by Crippen LogP contribution is 2.27. The van der Waals surface area contributed by atoms with Crippen LogP contribution in [-0.2, 0) is 5.75 Å². The smallest absolute Gasteiger partial charge is 0.190 e. The summed E-state index contributed by atoms with van der Waals surface area (Å²) in [5, 5.41) is 1.95. The first-order chi connectivity index (χ1) is 10.8. The van der Waals surface area contributed by atoms with Crippen molar-refractivity contribution in [2.45, 2.75) is 35.2 Å². The van der Waals surface area contributed by atoms with E-state index < -0.39 is 0 Å². The molecule has 1 aliphatic heterocycles. The highest BCUT2D eigenvalue weighted by molar-refractivity contribution is 7.99. The van der Waals surface area contributed by atoms with Crippen LogP contribution >= 0.6 is 23.5 Å². The number of anilines is 1. The fraction of sp³-hybridized carbons (Fsp3) is 0.412. The van der Waals surface area contributed by atoms with Gasteiger partial charge in [-0.3, -0.25) is 0 Å². The van der Waals surface area contributed by atoms with Crippen LogP contribution in [0.2, 0.25) is 0 Å². The minimum atomic E-state index is 0.885. The van der Waals surface area contributed by atoms with Gasteiger partial charge < -0.3 is 4.90 Å². The predicted molar refractivity (Wildman–Crippen MR) is 95.9 cm³/mol. The molecule has 0 aliphatic carbocycles. The lowest BCUT2D eigenvalue weighted by molar-refractivity contribution is 0.570. The summed E-state index contributed by atoms with van der Waals surface area (Å²) in [7, 11) is 0. The van der Waals surface area contributed by atoms with Crippen molar-refractivity contribution in [2.75, 3.05) is 24.2 Å². The maximum Gasteiger partial charge on any atom is 0.190 e. The van der Waals surface area contributed by atoms with Crippen LogP contribution in [0.4, 0.5) is 5.82 Å². The largest absolute Gasteiger partial charge is 0.356 e. The summed E-state index contributed by atoms with van der Waals surface area (Å²) in [5.74, 6) is 2.01. The van der Waals surface area contributed by atoms with E-state index in [0.29, 0.717) is 0 Å². The molecule has 3 nitrogen and oxygen atoms in total. The second-order valence-electron chi connectivity index (χ2n) is 5.37. The standard InChI is InChI=1S/C17H21N3S2/c1-21-16-12-15(20-10-6-3-7-11-20)18-17(19-16)22-13-14-8-4-2-5-9-14/h2,4-5,8-9,12H,3,6-7,10-11,13H2,1H3. The van der Waals surface area contributed by atoms with Gasteiger partial charge in [-0.25, -0.2) is 9.97 Å². The first-order valence-electron chi connectivity index (χ1n) is 7.70. The monoisotopic (exact) mass is 331 g/mol. The fourth-order valence-corrected chi connectivity index (χ4v) is 3.84. The number of hydrogen-bond donors (Lipinski definition) is 0. The van der Waals surface area contributed by atoms with Crippen LogP contribution in [0.3, 0.4) is 0 Å². The second kappa shape index (κ2) is 7.88. The quantitative estimate of drug-likeness (QED) is 0.458. The van der Waals surface area contributed by atoms with Crippen LogP contribution in [0, 0.1) is 0 Å². The van der Waals surface area contributed by atoms with E-state index in [1.54, 1.807) is 23.5 Å². The van der Waals surface area contributed by atoms with Crippen molar-refractivity contribution in [1.29, 1.82) is 0 Å². The van der Waals surface area contributed by atoms with E-state index in [4.69, 9.17) is 4.98 Å². The zero-order valence-corrected chi connectivity index (χ0v) is 14.5. The lowest BCUT2D eigenvalue weighted by Crippen LogP contribution is -2.30. The van der Waals surface area contributed by atoms with Gasteiger partial charge in [-0.05, 0) is 31.1 Å². The van der Waals surface area contributed by atoms with E-state index in [1.165, 1.54) is 24.8 Å². The molecular weight excluding hydrogens is 310 g/mol. The first-order valence-corrected chi connectivity index (χ1v) is 9.91. The molecule has 1 aromatic heterocycles. The third-order valence-electron chi connectivity index (χ3n) is 3.77. The lowest BCUT2D eigenvalue weighted by Gasteiger charge is -2.28. The Morgan fingerprint density at radius 2 is 1.82 bits per heavy atom. The zero-order valence-electron chi connectivity index (χ0n) is 12.9. The molecule has 22 heavy (non-hydrogen) atoms. The summed E-state index contributed by atoms with van der Waals surface area (Å²) in [6.07, 6.45) is 5.96. The Balaban J connectivity index is 1.75. The molecule has 2 heterocycles. The van der Waals surface area contributed by atoms with Crippen LogP contribution in [0.1, 0.15) is 24.8 Å². The van der Waals surface area contributed by atoms with E-state index in [9.17, 15) is 0 Å². The van der Waals surface area contributed by atoms with Gasteiger partial charge in [0.15, 0.2) is 5.16 Å². The molecule has 0 bridgehead atoms. The van der Waals surface area contributed by atoms with E-state index in [1.807, 2.05) is 6.07 Å². The van der Waals surface area contributed by atoms with Crippen LogP contribution in [0.15, 0.2) is 46.6 Å². The topological polar surface area (TPSA) is 29.0 Å². The van der Waals surface area contributed by atoms with Gasteiger partial charge in [-0.15, -0.1) is 11.8 Å². The minimum absolute atomic E-state index is 0.885. The van der Waals surface area contributed by atoms with Gasteiger partial charge in [-0.2, -0.15) is 0 Å². The number of hydrogen-bond acceptors (Lipinski definition) is 5. The van der Waals surface area contributed by atoms with Crippen molar-refractivity contribution in [3.63, 3.8) is 0 Å². The van der Waals surface area contributed by atoms with Gasteiger partial charge in [0, 0.05) is 24.9 Å². The van der Waals surface area contributed by atoms with E-state index in [2.05, 4.69) is 46.5 Å². The molecule has 0 saturated carbocycles. The Morgan fingerprint density at radius 3 is 2.55 bits per heavy atom. The van der Waals surface area contributed by atoms with Crippen LogP contribution < -0.4 is 4.90 Å². The van der Waals surface area contributed by atoms with Crippen LogP contribution in [0.25, 0.3) is 0 Å². The molecule has 0 atom stereocenters. The fourth-order valence-electron chi connectivity index (χ4n) is 2.57. The molecule has 1 saturated heterocycles. The molecule has 5 heteroatoms. The summed E-state index contributed by atoms with van der Waals surface area (Å²) in [4.78, 5) is 11.8. The van der Waals surface area contributed by atoms with Gasteiger partial charge in [0.1, 0.15) is 10.8 Å². The van der Waals surface area contributed by atoms with E-state index in [-0.39, 0.29) is 0 Å². The molecule has 1 fully saturated rings. The first kappa shape index (κ1) is 15.7. The summed E-state index contributed by atoms with van der Waals surface area (Å²) in [6.45, 7) is 2.24. The minimum Gasteiger partial charge on any atom is -0.356 e. The molecule has 1 aliphatic rings. The molecular formula is C17H21N3S2. The van der Waals surface area contributed by atoms with E-state index in [0.717, 1.165) is 34.8 Å². The molecule has 0 spiro atoms. The molecule has 116 valence electrons. The Kier molecular flexibility index (Phi) is 5.62. The summed E-state index contributed by atoms with van der Waals surface area (Å²) < 4.78 is 0. The van der Waals surface area contributed by atoms with Gasteiger partial charge in [0.05, 0.1) is 0 Å². The number of aromatic nitrogens is 2. The maximum absolute atomic E-state index is 4.78. The molecule has 1 aromatic carbocycles. The van der Waals surface area contributed by atoms with E-state index >= 15 is 0 Å². The van der Waals surface area contributed by atoms with Crippen molar-refractivity contribution >= 4 is 29.3 Å². The predicted octanol–water partition coefficient (Wildman–Crippen LogP) is 4.48. The lowest BCUT2D eigenvalue weighted by atomic mass is 10.1. The number of piperidine rings is 1. The Labute approximate surface area is 140 Å². The molecule has 3 rings (SSSR count). The van der Waals surface area contributed by atoms with Crippen molar-refractivity contribution in [3.8, 4) is 0 Å². The molecule has 2 aromatic rings. The third-order valence-corrected chi connectivity index (χ3v) is 5.31. The van der Waals surface area contributed by atoms with Crippen molar-refractivity contribution in [1.82, 2.24) is 9.97 Å². The SMILES string of the molecule is CSc1cc(N2CCCCC2)nc(SCc2ccccc2)n1. The number of rotatable bonds is 5. The summed E-state index contributed by atoms with van der Waals surface area (Å²) >= 11 is 3.41. The van der Waals surface area contributed by atoms with Gasteiger partial charge in [0.2, 0.25) is 0 Å². The van der Waals surface area contributed by atoms with Gasteiger partial charge >= 0.3 is 0 Å². The second-order valence-corrected chi connectivity index (χ2v) is 7.14. The third kappa shape index (κ3) is 4.17. The number of benzene rings is 1. The molecule has 0 N–H and O–H groups in total. The molecule has 0 amide bonds. The zero-order chi connectivity index (χ0) is 15.2. The average Bonchev–Trinajstić information content (AvgIpc) is 2.61. The Morgan fingerprint density at radius 1 is 1.05 bits per heavy atom. The highest BCUT2D eigenvalue weighted by atomic mass is 32.2. The normalized spacial score (nSPS) is 15.0.